The van der Waals surface area contributed by atoms with Gasteiger partial charge in [0.1, 0.15) is 0 Å². The van der Waals surface area contributed by atoms with Crippen LogP contribution in [-0.2, 0) is 9.57 Å². The van der Waals surface area contributed by atoms with E-state index in [1.165, 1.54) is 13.5 Å². The number of thioether (sulfide) groups is 1. The average molecular weight is 274 g/mol. The summed E-state index contributed by atoms with van der Waals surface area (Å²) in [5, 5.41) is 6.08. The van der Waals surface area contributed by atoms with Gasteiger partial charge in [0.25, 0.3) is 0 Å². The fraction of sp³-hybridized carbons (Fsp3) is 0.833. The molecular formula is C12H22N2O3S. The zero-order valence-corrected chi connectivity index (χ0v) is 12.1. The maximum absolute atomic E-state index is 10.9. The molecule has 0 bridgehead atoms. The Morgan fingerprint density at radius 1 is 1.67 bits per heavy atom. The van der Waals surface area contributed by atoms with Crippen LogP contribution in [0.3, 0.4) is 0 Å². The summed E-state index contributed by atoms with van der Waals surface area (Å²) in [6.07, 6.45) is 7.79. The van der Waals surface area contributed by atoms with Gasteiger partial charge in [-0.2, -0.15) is 11.8 Å². The molecule has 18 heavy (non-hydrogen) atoms. The summed E-state index contributed by atoms with van der Waals surface area (Å²) in [7, 11) is 1.50. The van der Waals surface area contributed by atoms with Crippen LogP contribution < -0.4 is 5.32 Å². The van der Waals surface area contributed by atoms with Crippen LogP contribution in [0.15, 0.2) is 5.16 Å². The Labute approximate surface area is 113 Å². The second kappa shape index (κ2) is 7.63. The van der Waals surface area contributed by atoms with Crippen molar-refractivity contribution < 1.29 is 14.4 Å². The number of rotatable bonds is 5. The molecule has 2 atom stereocenters. The molecule has 1 N–H and O–H groups in total. The summed E-state index contributed by atoms with van der Waals surface area (Å²) in [4.78, 5) is 15.5. The number of nitrogens with one attached hydrogen (secondary N) is 1. The number of ether oxygens (including phenoxy) is 1. The van der Waals surface area contributed by atoms with Gasteiger partial charge in [-0.25, -0.2) is 4.79 Å². The number of amides is 1. The van der Waals surface area contributed by atoms with Crippen LogP contribution in [0.2, 0.25) is 0 Å². The van der Waals surface area contributed by atoms with Crippen molar-refractivity contribution in [3.8, 4) is 0 Å². The zero-order valence-electron chi connectivity index (χ0n) is 11.3. The maximum atomic E-state index is 10.9. The Hall–Kier alpha value is -0.750. The Balaban J connectivity index is 2.47. The Morgan fingerprint density at radius 2 is 2.44 bits per heavy atom. The molecule has 104 valence electrons. The van der Waals surface area contributed by atoms with Gasteiger partial charge in [-0.05, 0) is 38.9 Å². The van der Waals surface area contributed by atoms with Crippen LogP contribution in [0.25, 0.3) is 0 Å². The highest BCUT2D eigenvalue weighted by Gasteiger charge is 2.27. The lowest BCUT2D eigenvalue weighted by Crippen LogP contribution is -2.32. The molecule has 0 spiro atoms. The number of hydrogen-bond donors (Lipinski definition) is 1. The van der Waals surface area contributed by atoms with E-state index in [-0.39, 0.29) is 10.9 Å². The highest BCUT2D eigenvalue weighted by Crippen LogP contribution is 2.30. The molecule has 1 aliphatic heterocycles. The van der Waals surface area contributed by atoms with Crippen molar-refractivity contribution in [2.75, 3.05) is 19.9 Å². The van der Waals surface area contributed by atoms with E-state index in [0.29, 0.717) is 0 Å². The minimum absolute atomic E-state index is 0.171. The van der Waals surface area contributed by atoms with Gasteiger partial charge < -0.3 is 10.1 Å². The van der Waals surface area contributed by atoms with E-state index in [0.717, 1.165) is 25.9 Å². The third-order valence-corrected chi connectivity index (χ3v) is 4.24. The van der Waals surface area contributed by atoms with Gasteiger partial charge in [0.05, 0.1) is 17.1 Å². The van der Waals surface area contributed by atoms with Crippen LogP contribution in [-0.4, -0.2) is 43.1 Å². The van der Waals surface area contributed by atoms with Gasteiger partial charge in [0.15, 0.2) is 0 Å². The van der Waals surface area contributed by atoms with E-state index < -0.39 is 6.09 Å². The molecule has 0 aromatic heterocycles. The van der Waals surface area contributed by atoms with Crippen molar-refractivity contribution in [1.29, 1.82) is 0 Å². The normalized spacial score (nSPS) is 23.6. The first-order valence-electron chi connectivity index (χ1n) is 6.19. The molecule has 1 fully saturated rings. The van der Waals surface area contributed by atoms with Gasteiger partial charge in [-0.1, -0.05) is 5.16 Å². The van der Waals surface area contributed by atoms with Gasteiger partial charge in [0.2, 0.25) is 0 Å². The Bertz CT molecular complexity index is 293. The van der Waals surface area contributed by atoms with Gasteiger partial charge in [-0.3, -0.25) is 4.84 Å². The molecule has 0 saturated carbocycles. The monoisotopic (exact) mass is 274 g/mol. The summed E-state index contributed by atoms with van der Waals surface area (Å²) >= 11 is 1.68. The van der Waals surface area contributed by atoms with Gasteiger partial charge in [-0.15, -0.1) is 0 Å². The van der Waals surface area contributed by atoms with Crippen molar-refractivity contribution in [2.24, 2.45) is 5.16 Å². The van der Waals surface area contributed by atoms with Crippen LogP contribution in [0.4, 0.5) is 4.79 Å². The second-order valence-corrected chi connectivity index (χ2v) is 5.91. The molecule has 5 nitrogen and oxygen atoms in total. The minimum Gasteiger partial charge on any atom is -0.378 e. The third-order valence-electron chi connectivity index (χ3n) is 3.04. The first-order valence-corrected chi connectivity index (χ1v) is 7.42. The lowest BCUT2D eigenvalue weighted by atomic mass is 9.98. The average Bonchev–Trinajstić information content (AvgIpc) is 2.39. The Morgan fingerprint density at radius 3 is 3.00 bits per heavy atom. The summed E-state index contributed by atoms with van der Waals surface area (Å²) in [6.45, 7) is 2.92. The summed E-state index contributed by atoms with van der Waals surface area (Å²) in [5.41, 5.74) is 0. The van der Waals surface area contributed by atoms with Crippen molar-refractivity contribution in [3.63, 3.8) is 0 Å². The lowest BCUT2D eigenvalue weighted by molar-refractivity contribution is 0.00946. The summed E-state index contributed by atoms with van der Waals surface area (Å²) in [5.74, 6) is 0. The fourth-order valence-electron chi connectivity index (χ4n) is 1.84. The topological polar surface area (TPSA) is 59.9 Å². The van der Waals surface area contributed by atoms with E-state index in [2.05, 4.69) is 22.2 Å². The van der Waals surface area contributed by atoms with Crippen molar-refractivity contribution >= 4 is 24.1 Å². The van der Waals surface area contributed by atoms with E-state index >= 15 is 0 Å². The lowest BCUT2D eigenvalue weighted by Gasteiger charge is -2.30. The summed E-state index contributed by atoms with van der Waals surface area (Å²) < 4.78 is 5.56. The predicted octanol–water partition coefficient (Wildman–Crippen LogP) is 2.41. The standard InChI is InChI=1S/C12H22N2O3S/c1-12(18-3,9-14-17-11(15)13-2)8-10-6-4-5-7-16-10/h9-10H,4-8H2,1-3H3,(H,13,15). The van der Waals surface area contributed by atoms with E-state index in [9.17, 15) is 4.79 Å². The molecule has 0 aromatic rings. The molecular weight excluding hydrogens is 252 g/mol. The highest BCUT2D eigenvalue weighted by atomic mass is 32.2. The van der Waals surface area contributed by atoms with Crippen LogP contribution in [0.1, 0.15) is 32.6 Å². The molecule has 6 heteroatoms. The van der Waals surface area contributed by atoms with Gasteiger partial charge >= 0.3 is 6.09 Å². The Kier molecular flexibility index (Phi) is 6.49. The van der Waals surface area contributed by atoms with Gasteiger partial charge in [0, 0.05) is 13.7 Å². The van der Waals surface area contributed by atoms with Crippen molar-refractivity contribution in [1.82, 2.24) is 5.32 Å². The molecule has 0 aliphatic carbocycles. The molecule has 1 rings (SSSR count). The molecule has 1 saturated heterocycles. The quantitative estimate of drug-likeness (QED) is 0.475. The highest BCUT2D eigenvalue weighted by molar-refractivity contribution is 8.00. The largest absolute Gasteiger partial charge is 0.433 e. The molecule has 1 amide bonds. The van der Waals surface area contributed by atoms with E-state index in [1.807, 2.05) is 6.26 Å². The van der Waals surface area contributed by atoms with E-state index in [4.69, 9.17) is 4.74 Å². The summed E-state index contributed by atoms with van der Waals surface area (Å²) in [6, 6.07) is 0. The van der Waals surface area contributed by atoms with Crippen LogP contribution in [0, 0.1) is 0 Å². The predicted molar refractivity (Wildman–Crippen MR) is 74.2 cm³/mol. The first kappa shape index (κ1) is 15.3. The number of hydrogen-bond acceptors (Lipinski definition) is 5. The maximum Gasteiger partial charge on any atom is 0.433 e. The fourth-order valence-corrected chi connectivity index (χ4v) is 2.34. The number of nitrogens with zero attached hydrogens (tertiary/aromatic N) is 1. The first-order chi connectivity index (χ1) is 8.59. The van der Waals surface area contributed by atoms with Crippen LogP contribution >= 0.6 is 11.8 Å². The number of carbonyl (C=O) groups is 1. The zero-order chi connectivity index (χ0) is 13.4. The van der Waals surface area contributed by atoms with E-state index in [1.54, 1.807) is 18.0 Å². The van der Waals surface area contributed by atoms with Crippen molar-refractivity contribution in [3.05, 3.63) is 0 Å². The molecule has 2 unspecified atom stereocenters. The molecule has 0 aromatic carbocycles. The third kappa shape index (κ3) is 5.27. The van der Waals surface area contributed by atoms with Crippen LogP contribution in [0.5, 0.6) is 0 Å². The SMILES string of the molecule is CNC(=O)ON=CC(C)(CC1CCCCO1)SC. The second-order valence-electron chi connectivity index (χ2n) is 4.57. The smallest absolute Gasteiger partial charge is 0.378 e. The molecule has 0 radical (unpaired) electrons. The minimum atomic E-state index is -0.552. The number of oxime groups is 1. The number of carbonyl (C=O) groups excluding carboxylic acids is 1. The molecule has 1 aliphatic rings. The van der Waals surface area contributed by atoms with Crippen molar-refractivity contribution in [2.45, 2.75) is 43.5 Å². The molecule has 1 heterocycles.